The van der Waals surface area contributed by atoms with Crippen molar-refractivity contribution >= 4 is 24.0 Å². The third-order valence-electron chi connectivity index (χ3n) is 2.50. The van der Waals surface area contributed by atoms with Gasteiger partial charge in [-0.1, -0.05) is 54.1 Å². The SMILES string of the molecule is Cl.NCc1cccc(OCc2ccccc2)c1Cl. The Morgan fingerprint density at radius 1 is 1.00 bits per heavy atom. The minimum atomic E-state index is 0. The molecule has 0 aliphatic carbocycles. The highest BCUT2D eigenvalue weighted by molar-refractivity contribution is 6.32. The number of nitrogens with two attached hydrogens (primary N) is 1. The molecule has 0 fully saturated rings. The molecule has 0 aliphatic rings. The maximum atomic E-state index is 6.17. The summed E-state index contributed by atoms with van der Waals surface area (Å²) in [4.78, 5) is 0. The summed E-state index contributed by atoms with van der Waals surface area (Å²) in [6.45, 7) is 0.927. The van der Waals surface area contributed by atoms with Crippen LogP contribution in [0.5, 0.6) is 5.75 Å². The van der Waals surface area contributed by atoms with Crippen LogP contribution in [0.3, 0.4) is 0 Å². The van der Waals surface area contributed by atoms with Gasteiger partial charge in [-0.2, -0.15) is 0 Å². The fraction of sp³-hybridized carbons (Fsp3) is 0.143. The fourth-order valence-corrected chi connectivity index (χ4v) is 1.82. The lowest BCUT2D eigenvalue weighted by atomic mass is 10.2. The van der Waals surface area contributed by atoms with Crippen LogP contribution < -0.4 is 10.5 Å². The van der Waals surface area contributed by atoms with Crippen LogP contribution in [0.4, 0.5) is 0 Å². The average molecular weight is 284 g/mol. The third-order valence-corrected chi connectivity index (χ3v) is 2.93. The Morgan fingerprint density at radius 3 is 2.39 bits per heavy atom. The molecule has 0 heterocycles. The first-order valence-corrected chi connectivity index (χ1v) is 5.83. The molecule has 4 heteroatoms. The second-order valence-corrected chi connectivity index (χ2v) is 4.09. The second-order valence-electron chi connectivity index (χ2n) is 3.71. The molecule has 2 nitrogen and oxygen atoms in total. The van der Waals surface area contributed by atoms with Crippen LogP contribution in [0.2, 0.25) is 5.02 Å². The quantitative estimate of drug-likeness (QED) is 0.926. The van der Waals surface area contributed by atoms with Gasteiger partial charge in [0.1, 0.15) is 12.4 Å². The van der Waals surface area contributed by atoms with Crippen molar-refractivity contribution in [2.24, 2.45) is 5.73 Å². The molecule has 0 saturated carbocycles. The highest BCUT2D eigenvalue weighted by Gasteiger charge is 2.05. The zero-order valence-corrected chi connectivity index (χ0v) is 11.4. The van der Waals surface area contributed by atoms with Crippen molar-refractivity contribution in [3.63, 3.8) is 0 Å². The van der Waals surface area contributed by atoms with Crippen LogP contribution in [-0.2, 0) is 13.2 Å². The van der Waals surface area contributed by atoms with Gasteiger partial charge in [0.15, 0.2) is 0 Å². The van der Waals surface area contributed by atoms with Crippen LogP contribution in [0, 0.1) is 0 Å². The molecule has 2 aromatic rings. The van der Waals surface area contributed by atoms with Gasteiger partial charge >= 0.3 is 0 Å². The van der Waals surface area contributed by atoms with E-state index in [1.165, 1.54) is 0 Å². The molecule has 0 spiro atoms. The summed E-state index contributed by atoms with van der Waals surface area (Å²) in [5.74, 6) is 0.679. The average Bonchev–Trinajstić information content (AvgIpc) is 2.39. The van der Waals surface area contributed by atoms with Crippen molar-refractivity contribution in [3.8, 4) is 5.75 Å². The van der Waals surface area contributed by atoms with Crippen LogP contribution in [0.1, 0.15) is 11.1 Å². The molecule has 18 heavy (non-hydrogen) atoms. The number of halogens is 2. The van der Waals surface area contributed by atoms with Crippen molar-refractivity contribution in [3.05, 3.63) is 64.7 Å². The van der Waals surface area contributed by atoms with Gasteiger partial charge in [-0.05, 0) is 17.2 Å². The molecule has 96 valence electrons. The summed E-state index contributed by atoms with van der Waals surface area (Å²) >= 11 is 6.17. The summed E-state index contributed by atoms with van der Waals surface area (Å²) in [7, 11) is 0. The van der Waals surface area contributed by atoms with Crippen LogP contribution >= 0.6 is 24.0 Å². The summed E-state index contributed by atoms with van der Waals surface area (Å²) < 4.78 is 5.68. The molecule has 0 amide bonds. The fourth-order valence-electron chi connectivity index (χ4n) is 1.56. The summed E-state index contributed by atoms with van der Waals surface area (Å²) in [6, 6.07) is 15.6. The maximum absolute atomic E-state index is 6.17. The van der Waals surface area contributed by atoms with E-state index >= 15 is 0 Å². The first-order chi connectivity index (χ1) is 8.31. The second kappa shape index (κ2) is 7.27. The molecule has 0 aliphatic heterocycles. The van der Waals surface area contributed by atoms with E-state index in [2.05, 4.69) is 0 Å². The standard InChI is InChI=1S/C14H14ClNO.ClH/c15-14-12(9-16)7-4-8-13(14)17-10-11-5-2-1-3-6-11;/h1-8H,9-10,16H2;1H. The molecule has 0 unspecified atom stereocenters. The van der Waals surface area contributed by atoms with Crippen molar-refractivity contribution in [2.75, 3.05) is 0 Å². The largest absolute Gasteiger partial charge is 0.487 e. The molecular formula is C14H15Cl2NO. The Kier molecular flexibility index (Phi) is 5.99. The molecule has 2 N–H and O–H groups in total. The zero-order valence-electron chi connectivity index (χ0n) is 9.80. The number of benzene rings is 2. The zero-order chi connectivity index (χ0) is 12.1. The minimum absolute atomic E-state index is 0. The molecule has 0 atom stereocenters. The van der Waals surface area contributed by atoms with E-state index < -0.39 is 0 Å². The minimum Gasteiger partial charge on any atom is -0.487 e. The van der Waals surface area contributed by atoms with Crippen LogP contribution in [0.25, 0.3) is 0 Å². The smallest absolute Gasteiger partial charge is 0.138 e. The van der Waals surface area contributed by atoms with Gasteiger partial charge in [-0.25, -0.2) is 0 Å². The molecule has 0 saturated heterocycles. The molecular weight excluding hydrogens is 269 g/mol. The number of hydrogen-bond donors (Lipinski definition) is 1. The molecule has 2 aromatic carbocycles. The predicted molar refractivity (Wildman–Crippen MR) is 77.4 cm³/mol. The summed E-state index contributed by atoms with van der Waals surface area (Å²) in [5.41, 5.74) is 7.60. The molecule has 0 aromatic heterocycles. The van der Waals surface area contributed by atoms with Crippen LogP contribution in [-0.4, -0.2) is 0 Å². The van der Waals surface area contributed by atoms with Crippen molar-refractivity contribution < 1.29 is 4.74 Å². The van der Waals surface area contributed by atoms with Gasteiger partial charge in [-0.3, -0.25) is 0 Å². The first-order valence-electron chi connectivity index (χ1n) is 5.45. The normalized spacial score (nSPS) is 9.67. The lowest BCUT2D eigenvalue weighted by molar-refractivity contribution is 0.306. The van der Waals surface area contributed by atoms with Gasteiger partial charge in [0, 0.05) is 6.54 Å². The summed E-state index contributed by atoms with van der Waals surface area (Å²) in [6.07, 6.45) is 0. The Labute approximate surface area is 118 Å². The Morgan fingerprint density at radius 2 is 1.72 bits per heavy atom. The van der Waals surface area contributed by atoms with Crippen LogP contribution in [0.15, 0.2) is 48.5 Å². The summed E-state index contributed by atoms with van der Waals surface area (Å²) in [5, 5.41) is 0.603. The van der Waals surface area contributed by atoms with E-state index in [4.69, 9.17) is 22.1 Å². The Bertz CT molecular complexity index is 488. The van der Waals surface area contributed by atoms with Crippen molar-refractivity contribution in [2.45, 2.75) is 13.2 Å². The van der Waals surface area contributed by atoms with E-state index in [1.807, 2.05) is 48.5 Å². The van der Waals surface area contributed by atoms with Gasteiger partial charge in [0.25, 0.3) is 0 Å². The van der Waals surface area contributed by atoms with Crippen molar-refractivity contribution in [1.29, 1.82) is 0 Å². The topological polar surface area (TPSA) is 35.2 Å². The highest BCUT2D eigenvalue weighted by atomic mass is 35.5. The van der Waals surface area contributed by atoms with Gasteiger partial charge in [-0.15, -0.1) is 12.4 Å². The van der Waals surface area contributed by atoms with Crippen molar-refractivity contribution in [1.82, 2.24) is 0 Å². The van der Waals surface area contributed by atoms with E-state index in [0.717, 1.165) is 11.1 Å². The third kappa shape index (κ3) is 3.64. The Balaban J connectivity index is 0.00000162. The highest BCUT2D eigenvalue weighted by Crippen LogP contribution is 2.28. The van der Waals surface area contributed by atoms with Gasteiger partial charge in [0.05, 0.1) is 5.02 Å². The Hall–Kier alpha value is -1.22. The van der Waals surface area contributed by atoms with E-state index in [0.29, 0.717) is 23.9 Å². The monoisotopic (exact) mass is 283 g/mol. The van der Waals surface area contributed by atoms with Gasteiger partial charge < -0.3 is 10.5 Å². The number of rotatable bonds is 4. The van der Waals surface area contributed by atoms with Gasteiger partial charge in [0.2, 0.25) is 0 Å². The molecule has 0 bridgehead atoms. The van der Waals surface area contributed by atoms with E-state index in [9.17, 15) is 0 Å². The molecule has 0 radical (unpaired) electrons. The van der Waals surface area contributed by atoms with E-state index in [1.54, 1.807) is 0 Å². The lowest BCUT2D eigenvalue weighted by Crippen LogP contribution is -2.00. The maximum Gasteiger partial charge on any atom is 0.138 e. The first kappa shape index (κ1) is 14.8. The predicted octanol–water partition coefficient (Wildman–Crippen LogP) is 3.80. The lowest BCUT2D eigenvalue weighted by Gasteiger charge is -2.10. The number of hydrogen-bond acceptors (Lipinski definition) is 2. The molecule has 2 rings (SSSR count). The van der Waals surface area contributed by atoms with E-state index in [-0.39, 0.29) is 12.4 Å². The number of ether oxygens (including phenoxy) is 1.